The van der Waals surface area contributed by atoms with Gasteiger partial charge in [0.1, 0.15) is 5.75 Å². The fraction of sp³-hybridized carbons (Fsp3) is 0.333. The van der Waals surface area contributed by atoms with E-state index in [-0.39, 0.29) is 5.69 Å². The van der Waals surface area contributed by atoms with Crippen LogP contribution in [0.4, 0.5) is 0 Å². The Morgan fingerprint density at radius 1 is 1.35 bits per heavy atom. The molecule has 0 unspecified atom stereocenters. The molecule has 0 aliphatic heterocycles. The minimum Gasteiger partial charge on any atom is -0.496 e. The maximum atomic E-state index is 11.0. The summed E-state index contributed by atoms with van der Waals surface area (Å²) in [5.41, 5.74) is 2.91. The molecule has 1 N–H and O–H groups in total. The van der Waals surface area contributed by atoms with E-state index in [1.807, 2.05) is 25.1 Å². The zero-order chi connectivity index (χ0) is 14.7. The molecule has 0 aliphatic rings. The van der Waals surface area contributed by atoms with Crippen LogP contribution in [0, 0.1) is 0 Å². The van der Waals surface area contributed by atoms with Crippen LogP contribution in [-0.4, -0.2) is 28.0 Å². The molecule has 20 heavy (non-hydrogen) atoms. The monoisotopic (exact) mass is 274 g/mol. The van der Waals surface area contributed by atoms with Crippen molar-refractivity contribution in [2.75, 3.05) is 7.11 Å². The van der Waals surface area contributed by atoms with E-state index in [1.165, 1.54) is 0 Å². The highest BCUT2D eigenvalue weighted by molar-refractivity contribution is 5.87. The summed E-state index contributed by atoms with van der Waals surface area (Å²) < 4.78 is 7.01. The lowest BCUT2D eigenvalue weighted by Gasteiger charge is -2.10. The molecule has 106 valence electrons. The third-order valence-electron chi connectivity index (χ3n) is 3.26. The largest absolute Gasteiger partial charge is 0.496 e. The maximum Gasteiger partial charge on any atom is 0.356 e. The quantitative estimate of drug-likeness (QED) is 0.910. The molecule has 0 amide bonds. The van der Waals surface area contributed by atoms with Crippen molar-refractivity contribution in [2.24, 2.45) is 0 Å². The number of carbonyl (C=O) groups is 1. The highest BCUT2D eigenvalue weighted by Crippen LogP contribution is 2.27. The molecular formula is C15H18N2O3. The Kier molecular flexibility index (Phi) is 4.08. The predicted octanol–water partition coefficient (Wildman–Crippen LogP) is 2.84. The topological polar surface area (TPSA) is 64.3 Å². The number of benzene rings is 1. The molecule has 1 aromatic heterocycles. The molecule has 2 rings (SSSR count). The zero-order valence-electron chi connectivity index (χ0n) is 11.9. The van der Waals surface area contributed by atoms with Crippen LogP contribution < -0.4 is 4.74 Å². The van der Waals surface area contributed by atoms with Gasteiger partial charge in [0, 0.05) is 12.1 Å². The van der Waals surface area contributed by atoms with Crippen LogP contribution in [0.25, 0.3) is 11.3 Å². The van der Waals surface area contributed by atoms with Crippen molar-refractivity contribution in [3.63, 3.8) is 0 Å². The number of hydrogen-bond acceptors (Lipinski definition) is 3. The van der Waals surface area contributed by atoms with E-state index in [0.717, 1.165) is 29.0 Å². The summed E-state index contributed by atoms with van der Waals surface area (Å²) in [6.45, 7) is 4.61. The van der Waals surface area contributed by atoms with Gasteiger partial charge in [-0.3, -0.25) is 4.68 Å². The van der Waals surface area contributed by atoms with E-state index in [0.29, 0.717) is 6.54 Å². The second-order valence-electron chi connectivity index (χ2n) is 4.42. The number of nitrogens with zero attached hydrogens (tertiary/aromatic N) is 2. The highest BCUT2D eigenvalue weighted by atomic mass is 16.5. The lowest BCUT2D eigenvalue weighted by molar-refractivity contribution is 0.0689. The summed E-state index contributed by atoms with van der Waals surface area (Å²) in [7, 11) is 1.65. The third kappa shape index (κ3) is 2.52. The number of carboxylic acid groups (broad SMARTS) is 1. The van der Waals surface area contributed by atoms with E-state index in [1.54, 1.807) is 17.9 Å². The van der Waals surface area contributed by atoms with E-state index >= 15 is 0 Å². The van der Waals surface area contributed by atoms with Crippen LogP contribution in [0.15, 0.2) is 24.3 Å². The lowest BCUT2D eigenvalue weighted by Crippen LogP contribution is -2.02. The molecule has 0 aliphatic carbocycles. The Morgan fingerprint density at radius 3 is 2.65 bits per heavy atom. The molecule has 0 saturated heterocycles. The Balaban J connectivity index is 2.53. The summed E-state index contributed by atoms with van der Waals surface area (Å²) in [5.74, 6) is -0.167. The van der Waals surface area contributed by atoms with Crippen LogP contribution in [-0.2, 0) is 13.0 Å². The predicted molar refractivity (Wildman–Crippen MR) is 76.2 cm³/mol. The molecule has 1 heterocycles. The van der Waals surface area contributed by atoms with Crippen molar-refractivity contribution in [3.05, 3.63) is 35.5 Å². The van der Waals surface area contributed by atoms with Gasteiger partial charge >= 0.3 is 5.97 Å². The van der Waals surface area contributed by atoms with Crippen molar-refractivity contribution < 1.29 is 14.6 Å². The fourth-order valence-electron chi connectivity index (χ4n) is 2.21. The van der Waals surface area contributed by atoms with Crippen molar-refractivity contribution in [2.45, 2.75) is 26.8 Å². The maximum absolute atomic E-state index is 11.0. The van der Waals surface area contributed by atoms with E-state index in [4.69, 9.17) is 9.84 Å². The first-order chi connectivity index (χ1) is 9.60. The zero-order valence-corrected chi connectivity index (χ0v) is 11.9. The molecule has 2 aromatic rings. The first-order valence-corrected chi connectivity index (χ1v) is 6.59. The number of carboxylic acids is 1. The molecule has 0 radical (unpaired) electrons. The molecule has 0 bridgehead atoms. The van der Waals surface area contributed by atoms with Gasteiger partial charge in [0.15, 0.2) is 5.69 Å². The van der Waals surface area contributed by atoms with Gasteiger partial charge in [-0.1, -0.05) is 6.92 Å². The minimum absolute atomic E-state index is 0.0655. The summed E-state index contributed by atoms with van der Waals surface area (Å²) >= 11 is 0. The average molecular weight is 274 g/mol. The van der Waals surface area contributed by atoms with Crippen LogP contribution in [0.5, 0.6) is 5.75 Å². The summed E-state index contributed by atoms with van der Waals surface area (Å²) in [6.07, 6.45) is 0.850. The number of methoxy groups -OCH3 is 1. The van der Waals surface area contributed by atoms with Gasteiger partial charge in [-0.05, 0) is 43.2 Å². The summed E-state index contributed by atoms with van der Waals surface area (Å²) in [4.78, 5) is 11.0. The van der Waals surface area contributed by atoms with Crippen molar-refractivity contribution in [1.29, 1.82) is 0 Å². The molecule has 5 heteroatoms. The second-order valence-corrected chi connectivity index (χ2v) is 4.42. The fourth-order valence-corrected chi connectivity index (χ4v) is 2.21. The normalized spacial score (nSPS) is 10.6. The van der Waals surface area contributed by atoms with Crippen LogP contribution in [0.1, 0.15) is 29.9 Å². The molecule has 0 spiro atoms. The number of ether oxygens (including phenoxy) is 1. The minimum atomic E-state index is -1.01. The van der Waals surface area contributed by atoms with Crippen molar-refractivity contribution in [3.8, 4) is 17.0 Å². The molecular weight excluding hydrogens is 256 g/mol. The first-order valence-electron chi connectivity index (χ1n) is 6.59. The number of aromatic nitrogens is 2. The standard InChI is InChI=1S/C15H18N2O3/c1-4-10-8-11(6-7-14(10)20-3)13-9-12(15(18)19)16-17(13)5-2/h6-9H,4-5H2,1-3H3,(H,18,19). The van der Waals surface area contributed by atoms with Gasteiger partial charge in [0.05, 0.1) is 12.8 Å². The van der Waals surface area contributed by atoms with Crippen LogP contribution in [0.2, 0.25) is 0 Å². The number of rotatable bonds is 5. The Labute approximate surface area is 117 Å². The van der Waals surface area contributed by atoms with E-state index in [9.17, 15) is 4.79 Å². The summed E-state index contributed by atoms with van der Waals surface area (Å²) in [6, 6.07) is 7.45. The average Bonchev–Trinajstić information content (AvgIpc) is 2.90. The van der Waals surface area contributed by atoms with Crippen molar-refractivity contribution >= 4 is 5.97 Å². The highest BCUT2D eigenvalue weighted by Gasteiger charge is 2.14. The van der Waals surface area contributed by atoms with E-state index in [2.05, 4.69) is 12.0 Å². The van der Waals surface area contributed by atoms with Gasteiger partial charge in [-0.2, -0.15) is 5.10 Å². The number of aromatic carboxylic acids is 1. The smallest absolute Gasteiger partial charge is 0.356 e. The van der Waals surface area contributed by atoms with Crippen LogP contribution >= 0.6 is 0 Å². The molecule has 5 nitrogen and oxygen atoms in total. The van der Waals surface area contributed by atoms with Gasteiger partial charge < -0.3 is 9.84 Å². The molecule has 0 fully saturated rings. The number of aryl methyl sites for hydroxylation is 2. The van der Waals surface area contributed by atoms with Crippen molar-refractivity contribution in [1.82, 2.24) is 9.78 Å². The Bertz CT molecular complexity index is 632. The SMILES string of the molecule is CCc1cc(-c2cc(C(=O)O)nn2CC)ccc1OC. The first kappa shape index (κ1) is 14.1. The van der Waals surface area contributed by atoms with Crippen LogP contribution in [0.3, 0.4) is 0 Å². The Hall–Kier alpha value is -2.30. The molecule has 1 aromatic carbocycles. The van der Waals surface area contributed by atoms with Gasteiger partial charge in [-0.25, -0.2) is 4.79 Å². The van der Waals surface area contributed by atoms with Gasteiger partial charge in [0.25, 0.3) is 0 Å². The molecule has 0 saturated carbocycles. The molecule has 0 atom stereocenters. The van der Waals surface area contributed by atoms with E-state index < -0.39 is 5.97 Å². The van der Waals surface area contributed by atoms with Gasteiger partial charge in [0.2, 0.25) is 0 Å². The lowest BCUT2D eigenvalue weighted by atomic mass is 10.0. The Morgan fingerprint density at radius 2 is 2.10 bits per heavy atom. The third-order valence-corrected chi connectivity index (χ3v) is 3.26. The summed E-state index contributed by atoms with van der Waals surface area (Å²) in [5, 5.41) is 13.1. The second kappa shape index (κ2) is 5.77. The van der Waals surface area contributed by atoms with Gasteiger partial charge in [-0.15, -0.1) is 0 Å². The number of hydrogen-bond donors (Lipinski definition) is 1.